The Bertz CT molecular complexity index is 654. The maximum absolute atomic E-state index is 12.4. The van der Waals surface area contributed by atoms with Crippen LogP contribution >= 0.6 is 0 Å². The Morgan fingerprint density at radius 2 is 1.68 bits per heavy atom. The Kier molecular flexibility index (Phi) is 7.48. The highest BCUT2D eigenvalue weighted by Gasteiger charge is 2.19. The topological polar surface area (TPSA) is 41.6 Å². The predicted octanol–water partition coefficient (Wildman–Crippen LogP) is 3.44. The number of nitrogens with one attached hydrogen (secondary N) is 1. The van der Waals surface area contributed by atoms with Crippen LogP contribution in [-0.4, -0.2) is 37.6 Å². The minimum absolute atomic E-state index is 0.0117. The van der Waals surface area contributed by atoms with E-state index in [0.717, 1.165) is 24.4 Å². The van der Waals surface area contributed by atoms with Crippen molar-refractivity contribution in [3.8, 4) is 5.75 Å². The van der Waals surface area contributed by atoms with E-state index in [0.29, 0.717) is 13.0 Å². The molecule has 134 valence electrons. The van der Waals surface area contributed by atoms with Gasteiger partial charge in [-0.3, -0.25) is 9.69 Å². The van der Waals surface area contributed by atoms with Gasteiger partial charge in [-0.25, -0.2) is 0 Å². The van der Waals surface area contributed by atoms with Crippen molar-refractivity contribution in [1.29, 1.82) is 0 Å². The van der Waals surface area contributed by atoms with Gasteiger partial charge in [0.25, 0.3) is 0 Å². The molecule has 25 heavy (non-hydrogen) atoms. The summed E-state index contributed by atoms with van der Waals surface area (Å²) in [4.78, 5) is 14.8. The Labute approximate surface area is 150 Å². The van der Waals surface area contributed by atoms with Gasteiger partial charge < -0.3 is 10.1 Å². The summed E-state index contributed by atoms with van der Waals surface area (Å²) in [5, 5.41) is 3.09. The van der Waals surface area contributed by atoms with Crippen LogP contribution in [0.1, 0.15) is 31.0 Å². The molecular formula is C21H28N2O2. The molecule has 1 atom stereocenters. The molecule has 2 aromatic rings. The number of para-hydroxylation sites is 1. The predicted molar refractivity (Wildman–Crippen MR) is 102 cm³/mol. The highest BCUT2D eigenvalue weighted by molar-refractivity contribution is 5.79. The van der Waals surface area contributed by atoms with E-state index in [1.54, 1.807) is 7.11 Å². The van der Waals surface area contributed by atoms with Crippen LogP contribution in [0.25, 0.3) is 0 Å². The first-order chi connectivity index (χ1) is 12.2. The second kappa shape index (κ2) is 9.84. The molecule has 0 aromatic heterocycles. The van der Waals surface area contributed by atoms with E-state index in [4.69, 9.17) is 4.74 Å². The number of methoxy groups -OCH3 is 1. The molecule has 0 spiro atoms. The summed E-state index contributed by atoms with van der Waals surface area (Å²) in [6.45, 7) is 6.78. The summed E-state index contributed by atoms with van der Waals surface area (Å²) in [7, 11) is 1.63. The van der Waals surface area contributed by atoms with Crippen molar-refractivity contribution in [2.45, 2.75) is 26.3 Å². The molecule has 1 unspecified atom stereocenters. The van der Waals surface area contributed by atoms with Gasteiger partial charge >= 0.3 is 0 Å². The van der Waals surface area contributed by atoms with Crippen molar-refractivity contribution in [3.63, 3.8) is 0 Å². The second-order valence-corrected chi connectivity index (χ2v) is 5.94. The molecule has 0 bridgehead atoms. The van der Waals surface area contributed by atoms with Gasteiger partial charge in [-0.2, -0.15) is 0 Å². The van der Waals surface area contributed by atoms with Crippen molar-refractivity contribution < 1.29 is 9.53 Å². The standard InChI is InChI=1S/C21H28N2O2/c1-4-23(5-2)19(17-11-7-6-8-12-17)16-22-21(24)15-18-13-9-10-14-20(18)25-3/h6-14,19H,4-5,15-16H2,1-3H3,(H,22,24). The lowest BCUT2D eigenvalue weighted by Crippen LogP contribution is -2.38. The first-order valence-electron chi connectivity index (χ1n) is 8.87. The Hall–Kier alpha value is -2.33. The third-order valence-corrected chi connectivity index (χ3v) is 4.47. The molecule has 0 aliphatic heterocycles. The molecule has 0 aliphatic carbocycles. The summed E-state index contributed by atoms with van der Waals surface area (Å²) < 4.78 is 5.33. The molecule has 4 nitrogen and oxygen atoms in total. The number of rotatable bonds is 9. The monoisotopic (exact) mass is 340 g/mol. The number of benzene rings is 2. The fourth-order valence-electron chi connectivity index (χ4n) is 3.09. The van der Waals surface area contributed by atoms with E-state index in [1.165, 1.54) is 5.56 Å². The summed E-state index contributed by atoms with van der Waals surface area (Å²) in [6, 6.07) is 18.2. The molecule has 2 rings (SSSR count). The first-order valence-corrected chi connectivity index (χ1v) is 8.87. The van der Waals surface area contributed by atoms with E-state index in [1.807, 2.05) is 42.5 Å². The Morgan fingerprint density at radius 3 is 2.32 bits per heavy atom. The number of carbonyl (C=O) groups excluding carboxylic acids is 1. The minimum atomic E-state index is 0.0117. The quantitative estimate of drug-likeness (QED) is 0.760. The first kappa shape index (κ1) is 19.0. The normalized spacial score (nSPS) is 12.0. The van der Waals surface area contributed by atoms with Crippen LogP contribution in [0.15, 0.2) is 54.6 Å². The van der Waals surface area contributed by atoms with E-state index >= 15 is 0 Å². The lowest BCUT2D eigenvalue weighted by atomic mass is 10.0. The summed E-state index contributed by atoms with van der Waals surface area (Å²) in [5.41, 5.74) is 2.13. The number of amides is 1. The molecular weight excluding hydrogens is 312 g/mol. The van der Waals surface area contributed by atoms with Crippen molar-refractivity contribution in [2.75, 3.05) is 26.7 Å². The molecule has 0 saturated carbocycles. The molecule has 1 N–H and O–H groups in total. The molecule has 0 heterocycles. The summed E-state index contributed by atoms with van der Waals surface area (Å²) >= 11 is 0. The SMILES string of the molecule is CCN(CC)C(CNC(=O)Cc1ccccc1OC)c1ccccc1. The van der Waals surface area contributed by atoms with E-state index in [2.05, 4.69) is 36.2 Å². The van der Waals surface area contributed by atoms with Crippen LogP contribution < -0.4 is 10.1 Å². The van der Waals surface area contributed by atoms with E-state index in [9.17, 15) is 4.79 Å². The van der Waals surface area contributed by atoms with Crippen LogP contribution in [0.2, 0.25) is 0 Å². The molecule has 0 saturated heterocycles. The van der Waals surface area contributed by atoms with Crippen molar-refractivity contribution in [1.82, 2.24) is 10.2 Å². The average molecular weight is 340 g/mol. The van der Waals surface area contributed by atoms with Gasteiger partial charge in [0, 0.05) is 12.1 Å². The Morgan fingerprint density at radius 1 is 1.04 bits per heavy atom. The second-order valence-electron chi connectivity index (χ2n) is 5.94. The lowest BCUT2D eigenvalue weighted by molar-refractivity contribution is -0.120. The molecule has 1 amide bonds. The maximum Gasteiger partial charge on any atom is 0.224 e. The molecule has 0 fully saturated rings. The van der Waals surface area contributed by atoms with Crippen LogP contribution in [0.5, 0.6) is 5.75 Å². The summed E-state index contributed by atoms with van der Waals surface area (Å²) in [5.74, 6) is 0.763. The highest BCUT2D eigenvalue weighted by Crippen LogP contribution is 2.20. The van der Waals surface area contributed by atoms with Gasteiger partial charge in [0.2, 0.25) is 5.91 Å². The van der Waals surface area contributed by atoms with Gasteiger partial charge in [-0.15, -0.1) is 0 Å². The van der Waals surface area contributed by atoms with Gasteiger partial charge in [0.05, 0.1) is 19.6 Å². The van der Waals surface area contributed by atoms with E-state index in [-0.39, 0.29) is 11.9 Å². The van der Waals surface area contributed by atoms with Crippen molar-refractivity contribution in [2.24, 2.45) is 0 Å². The fourth-order valence-corrected chi connectivity index (χ4v) is 3.09. The number of ether oxygens (including phenoxy) is 1. The van der Waals surface area contributed by atoms with E-state index < -0.39 is 0 Å². The van der Waals surface area contributed by atoms with Crippen LogP contribution in [0.3, 0.4) is 0 Å². The van der Waals surface area contributed by atoms with Crippen LogP contribution in [0, 0.1) is 0 Å². The zero-order chi connectivity index (χ0) is 18.1. The Balaban J connectivity index is 2.03. The van der Waals surface area contributed by atoms with Crippen molar-refractivity contribution in [3.05, 3.63) is 65.7 Å². The lowest BCUT2D eigenvalue weighted by Gasteiger charge is -2.30. The fraction of sp³-hybridized carbons (Fsp3) is 0.381. The summed E-state index contributed by atoms with van der Waals surface area (Å²) in [6.07, 6.45) is 0.323. The van der Waals surface area contributed by atoms with Crippen LogP contribution in [-0.2, 0) is 11.2 Å². The number of carbonyl (C=O) groups is 1. The van der Waals surface area contributed by atoms with Crippen LogP contribution in [0.4, 0.5) is 0 Å². The number of hydrogen-bond donors (Lipinski definition) is 1. The third-order valence-electron chi connectivity index (χ3n) is 4.47. The average Bonchev–Trinajstić information content (AvgIpc) is 2.66. The van der Waals surface area contributed by atoms with Gasteiger partial charge in [0.15, 0.2) is 0 Å². The zero-order valence-electron chi connectivity index (χ0n) is 15.4. The smallest absolute Gasteiger partial charge is 0.224 e. The molecule has 4 heteroatoms. The number of hydrogen-bond acceptors (Lipinski definition) is 3. The third kappa shape index (κ3) is 5.33. The van der Waals surface area contributed by atoms with Gasteiger partial charge in [-0.05, 0) is 24.7 Å². The number of nitrogens with zero attached hydrogens (tertiary/aromatic N) is 1. The molecule has 0 radical (unpaired) electrons. The number of likely N-dealkylation sites (N-methyl/N-ethyl adjacent to an activating group) is 1. The van der Waals surface area contributed by atoms with Gasteiger partial charge in [-0.1, -0.05) is 62.4 Å². The highest BCUT2D eigenvalue weighted by atomic mass is 16.5. The molecule has 0 aliphatic rings. The van der Waals surface area contributed by atoms with Gasteiger partial charge in [0.1, 0.15) is 5.75 Å². The van der Waals surface area contributed by atoms with Crippen molar-refractivity contribution >= 4 is 5.91 Å². The zero-order valence-corrected chi connectivity index (χ0v) is 15.4. The minimum Gasteiger partial charge on any atom is -0.496 e. The maximum atomic E-state index is 12.4. The largest absolute Gasteiger partial charge is 0.496 e. The molecule has 2 aromatic carbocycles.